The zero-order valence-corrected chi connectivity index (χ0v) is 12.3. The lowest BCUT2D eigenvalue weighted by atomic mass is 9.82. The number of benzene rings is 1. The minimum atomic E-state index is -3.38. The highest BCUT2D eigenvalue weighted by molar-refractivity contribution is 7.89. The summed E-state index contributed by atoms with van der Waals surface area (Å²) in [5.41, 5.74) is 0.00878. The zero-order chi connectivity index (χ0) is 13.9. The molecular weight excluding hydrogens is 262 g/mol. The molecule has 0 radical (unpaired) electrons. The summed E-state index contributed by atoms with van der Waals surface area (Å²) in [6.07, 6.45) is 1.81. The van der Waals surface area contributed by atoms with Crippen molar-refractivity contribution in [3.63, 3.8) is 0 Å². The molecule has 0 saturated carbocycles. The molecule has 1 aliphatic rings. The maximum absolute atomic E-state index is 12.4. The fourth-order valence-corrected chi connectivity index (χ4v) is 3.76. The molecule has 0 unspecified atom stereocenters. The van der Waals surface area contributed by atoms with Crippen LogP contribution in [-0.4, -0.2) is 39.5 Å². The van der Waals surface area contributed by atoms with Gasteiger partial charge >= 0.3 is 0 Å². The Kier molecular flexibility index (Phi) is 4.28. The molecule has 106 valence electrons. The van der Waals surface area contributed by atoms with Gasteiger partial charge in [-0.05, 0) is 30.4 Å². The molecule has 2 rings (SSSR count). The highest BCUT2D eigenvalue weighted by Gasteiger charge is 2.32. The maximum atomic E-state index is 12.4. The maximum Gasteiger partial charge on any atom is 0.242 e. The van der Waals surface area contributed by atoms with Crippen LogP contribution < -0.4 is 0 Å². The normalized spacial score (nSPS) is 19.5. The van der Waals surface area contributed by atoms with Crippen LogP contribution in [0, 0.1) is 5.41 Å². The molecule has 0 bridgehead atoms. The third-order valence-corrected chi connectivity index (χ3v) is 5.57. The molecule has 1 aliphatic heterocycles. The van der Waals surface area contributed by atoms with Gasteiger partial charge in [0.25, 0.3) is 0 Å². The standard InChI is InChI=1S/C14H21NO3S/c1-14(8-10-18-11-9-14)12-15(2)19(16,17)13-6-4-3-5-7-13/h3-7H,8-12H2,1-2H3. The first-order valence-electron chi connectivity index (χ1n) is 6.53. The van der Waals surface area contributed by atoms with E-state index in [0.29, 0.717) is 11.4 Å². The van der Waals surface area contributed by atoms with Crippen LogP contribution in [0.3, 0.4) is 0 Å². The highest BCUT2D eigenvalue weighted by atomic mass is 32.2. The van der Waals surface area contributed by atoms with Gasteiger partial charge in [0.2, 0.25) is 10.0 Å². The molecule has 0 aromatic heterocycles. The minimum Gasteiger partial charge on any atom is -0.381 e. The summed E-state index contributed by atoms with van der Waals surface area (Å²) in [5, 5.41) is 0. The molecule has 0 atom stereocenters. The second-order valence-electron chi connectivity index (χ2n) is 5.50. The van der Waals surface area contributed by atoms with E-state index in [1.165, 1.54) is 4.31 Å². The van der Waals surface area contributed by atoms with Crippen LogP contribution >= 0.6 is 0 Å². The molecule has 4 nitrogen and oxygen atoms in total. The molecule has 1 fully saturated rings. The highest BCUT2D eigenvalue weighted by Crippen LogP contribution is 2.31. The van der Waals surface area contributed by atoms with E-state index in [4.69, 9.17) is 4.74 Å². The average molecular weight is 283 g/mol. The quantitative estimate of drug-likeness (QED) is 0.850. The van der Waals surface area contributed by atoms with Crippen LogP contribution in [0.4, 0.5) is 0 Å². The zero-order valence-electron chi connectivity index (χ0n) is 11.5. The van der Waals surface area contributed by atoms with E-state index < -0.39 is 10.0 Å². The number of sulfonamides is 1. The number of rotatable bonds is 4. The van der Waals surface area contributed by atoms with E-state index in [1.54, 1.807) is 31.3 Å². The van der Waals surface area contributed by atoms with Crippen LogP contribution in [0.2, 0.25) is 0 Å². The van der Waals surface area contributed by atoms with Gasteiger partial charge in [-0.1, -0.05) is 25.1 Å². The Morgan fingerprint density at radius 1 is 1.21 bits per heavy atom. The van der Waals surface area contributed by atoms with Crippen LogP contribution in [0.1, 0.15) is 19.8 Å². The summed E-state index contributed by atoms with van der Waals surface area (Å²) >= 11 is 0. The predicted octanol–water partition coefficient (Wildman–Crippen LogP) is 2.12. The molecule has 1 aromatic carbocycles. The monoisotopic (exact) mass is 283 g/mol. The van der Waals surface area contributed by atoms with E-state index in [2.05, 4.69) is 6.92 Å². The van der Waals surface area contributed by atoms with Crippen molar-refractivity contribution in [2.45, 2.75) is 24.7 Å². The largest absolute Gasteiger partial charge is 0.381 e. The summed E-state index contributed by atoms with van der Waals surface area (Å²) in [7, 11) is -1.73. The van der Waals surface area contributed by atoms with Crippen molar-refractivity contribution < 1.29 is 13.2 Å². The summed E-state index contributed by atoms with van der Waals surface area (Å²) in [6, 6.07) is 8.59. The first-order chi connectivity index (χ1) is 8.94. The van der Waals surface area contributed by atoms with E-state index in [9.17, 15) is 8.42 Å². The molecule has 19 heavy (non-hydrogen) atoms. The van der Waals surface area contributed by atoms with Gasteiger partial charge < -0.3 is 4.74 Å². The Balaban J connectivity index is 2.13. The lowest BCUT2D eigenvalue weighted by Gasteiger charge is -2.36. The fourth-order valence-electron chi connectivity index (χ4n) is 2.42. The van der Waals surface area contributed by atoms with Gasteiger partial charge in [-0.3, -0.25) is 0 Å². The lowest BCUT2D eigenvalue weighted by Crippen LogP contribution is -2.40. The molecule has 0 aliphatic carbocycles. The lowest BCUT2D eigenvalue weighted by molar-refractivity contribution is 0.0175. The van der Waals surface area contributed by atoms with Crippen molar-refractivity contribution in [3.05, 3.63) is 30.3 Å². The van der Waals surface area contributed by atoms with Crippen molar-refractivity contribution in [1.82, 2.24) is 4.31 Å². The van der Waals surface area contributed by atoms with E-state index in [1.807, 2.05) is 6.07 Å². The molecule has 1 aromatic rings. The first-order valence-corrected chi connectivity index (χ1v) is 7.97. The SMILES string of the molecule is CN(CC1(C)CCOCC1)S(=O)(=O)c1ccccc1. The van der Waals surface area contributed by atoms with Crippen LogP contribution in [-0.2, 0) is 14.8 Å². The second kappa shape index (κ2) is 5.61. The van der Waals surface area contributed by atoms with Gasteiger partial charge in [0.05, 0.1) is 4.90 Å². The van der Waals surface area contributed by atoms with Crippen molar-refractivity contribution in [2.75, 3.05) is 26.8 Å². The molecule has 1 heterocycles. The number of ether oxygens (including phenoxy) is 1. The van der Waals surface area contributed by atoms with Gasteiger partial charge in [-0.25, -0.2) is 12.7 Å². The van der Waals surface area contributed by atoms with Crippen LogP contribution in [0.15, 0.2) is 35.2 Å². The smallest absolute Gasteiger partial charge is 0.242 e. The number of hydrogen-bond donors (Lipinski definition) is 0. The van der Waals surface area contributed by atoms with Gasteiger partial charge in [0.1, 0.15) is 0 Å². The number of hydrogen-bond acceptors (Lipinski definition) is 3. The van der Waals surface area contributed by atoms with E-state index in [0.717, 1.165) is 26.1 Å². The van der Waals surface area contributed by atoms with Gasteiger partial charge in [-0.15, -0.1) is 0 Å². The summed E-state index contributed by atoms with van der Waals surface area (Å²) in [4.78, 5) is 0.355. The second-order valence-corrected chi connectivity index (χ2v) is 7.54. The molecule has 5 heteroatoms. The summed E-state index contributed by atoms with van der Waals surface area (Å²) < 4.78 is 31.7. The Labute approximate surface area is 115 Å². The molecule has 0 amide bonds. The Hall–Kier alpha value is -0.910. The topological polar surface area (TPSA) is 46.6 Å². The van der Waals surface area contributed by atoms with Gasteiger partial charge in [-0.2, -0.15) is 0 Å². The van der Waals surface area contributed by atoms with Crippen LogP contribution in [0.25, 0.3) is 0 Å². The third kappa shape index (κ3) is 3.35. The first kappa shape index (κ1) is 14.5. The Morgan fingerprint density at radius 2 is 1.79 bits per heavy atom. The molecular formula is C14H21NO3S. The molecule has 1 saturated heterocycles. The Morgan fingerprint density at radius 3 is 2.37 bits per heavy atom. The van der Waals surface area contributed by atoms with Gasteiger partial charge in [0.15, 0.2) is 0 Å². The average Bonchev–Trinajstić information content (AvgIpc) is 2.40. The summed E-state index contributed by atoms with van der Waals surface area (Å²) in [5.74, 6) is 0. The van der Waals surface area contributed by atoms with Crippen molar-refractivity contribution in [1.29, 1.82) is 0 Å². The predicted molar refractivity (Wildman–Crippen MR) is 74.4 cm³/mol. The van der Waals surface area contributed by atoms with E-state index in [-0.39, 0.29) is 5.41 Å². The van der Waals surface area contributed by atoms with Gasteiger partial charge in [0, 0.05) is 26.8 Å². The van der Waals surface area contributed by atoms with Crippen molar-refractivity contribution >= 4 is 10.0 Å². The van der Waals surface area contributed by atoms with E-state index >= 15 is 0 Å². The third-order valence-electron chi connectivity index (χ3n) is 3.76. The minimum absolute atomic E-state index is 0.00878. The fraction of sp³-hybridized carbons (Fsp3) is 0.571. The Bertz CT molecular complexity index is 507. The van der Waals surface area contributed by atoms with Crippen molar-refractivity contribution in [2.24, 2.45) is 5.41 Å². The molecule has 0 spiro atoms. The van der Waals surface area contributed by atoms with Crippen LogP contribution in [0.5, 0.6) is 0 Å². The summed E-state index contributed by atoms with van der Waals surface area (Å²) in [6.45, 7) is 4.10. The molecule has 0 N–H and O–H groups in total. The number of nitrogens with zero attached hydrogens (tertiary/aromatic N) is 1. The van der Waals surface area contributed by atoms with Crippen molar-refractivity contribution in [3.8, 4) is 0 Å².